The van der Waals surface area contributed by atoms with Gasteiger partial charge in [-0.2, -0.15) is 0 Å². The Labute approximate surface area is 88.7 Å². The van der Waals surface area contributed by atoms with Crippen LogP contribution < -0.4 is 0 Å². The van der Waals surface area contributed by atoms with Crippen molar-refractivity contribution >= 4 is 5.97 Å². The van der Waals surface area contributed by atoms with Gasteiger partial charge in [-0.3, -0.25) is 4.79 Å². The first kappa shape index (κ1) is 10.2. The highest BCUT2D eigenvalue weighted by atomic mass is 16.5. The van der Waals surface area contributed by atoms with Crippen molar-refractivity contribution < 1.29 is 14.6 Å². The predicted octanol–water partition coefficient (Wildman–Crippen LogP) is 1.15. The van der Waals surface area contributed by atoms with Gasteiger partial charge in [0.2, 0.25) is 0 Å². The molecule has 3 heteroatoms. The van der Waals surface area contributed by atoms with E-state index < -0.39 is 6.10 Å². The Morgan fingerprint density at radius 1 is 1.33 bits per heavy atom. The maximum absolute atomic E-state index is 10.9. The average Bonchev–Trinajstić information content (AvgIpc) is 2.24. The van der Waals surface area contributed by atoms with Gasteiger partial charge in [-0.25, -0.2) is 0 Å². The minimum Gasteiger partial charge on any atom is -0.465 e. The predicted molar refractivity (Wildman–Crippen MR) is 55.2 cm³/mol. The van der Waals surface area contributed by atoms with E-state index in [9.17, 15) is 9.90 Å². The Morgan fingerprint density at radius 2 is 2.07 bits per heavy atom. The van der Waals surface area contributed by atoms with Crippen LogP contribution in [0.5, 0.6) is 0 Å². The molecule has 0 radical (unpaired) electrons. The number of carbonyl (C=O) groups excluding carboxylic acids is 1. The highest BCUT2D eigenvalue weighted by Crippen LogP contribution is 2.20. The van der Waals surface area contributed by atoms with Crippen LogP contribution in [0.15, 0.2) is 30.3 Å². The topological polar surface area (TPSA) is 46.5 Å². The molecule has 0 spiro atoms. The van der Waals surface area contributed by atoms with Gasteiger partial charge in [0.15, 0.2) is 0 Å². The molecule has 1 saturated heterocycles. The Hall–Kier alpha value is -1.35. The van der Waals surface area contributed by atoms with Gasteiger partial charge in [-0.15, -0.1) is 0 Å². The summed E-state index contributed by atoms with van der Waals surface area (Å²) >= 11 is 0. The number of rotatable bonds is 2. The monoisotopic (exact) mass is 206 g/mol. The summed E-state index contributed by atoms with van der Waals surface area (Å²) < 4.78 is 4.93. The van der Waals surface area contributed by atoms with Crippen molar-refractivity contribution in [3.63, 3.8) is 0 Å². The quantitative estimate of drug-likeness (QED) is 0.738. The highest BCUT2D eigenvalue weighted by Gasteiger charge is 2.28. The minimum absolute atomic E-state index is 0.0325. The summed E-state index contributed by atoms with van der Waals surface area (Å²) in [5, 5.41) is 9.70. The van der Waals surface area contributed by atoms with Gasteiger partial charge in [0.25, 0.3) is 0 Å². The molecule has 0 unspecified atom stereocenters. The van der Waals surface area contributed by atoms with Gasteiger partial charge in [-0.1, -0.05) is 30.3 Å². The molecule has 0 amide bonds. The summed E-state index contributed by atoms with van der Waals surface area (Å²) in [4.78, 5) is 10.9. The summed E-state index contributed by atoms with van der Waals surface area (Å²) in [6.07, 6.45) is 0.318. The van der Waals surface area contributed by atoms with E-state index in [-0.39, 0.29) is 18.3 Å². The van der Waals surface area contributed by atoms with E-state index in [1.54, 1.807) is 0 Å². The fraction of sp³-hybridized carbons (Fsp3) is 0.417. The smallest absolute Gasteiger partial charge is 0.308 e. The molecule has 3 nitrogen and oxygen atoms in total. The number of aliphatic hydroxyl groups excluding tert-OH is 1. The van der Waals surface area contributed by atoms with Crippen molar-refractivity contribution in [1.82, 2.24) is 0 Å². The van der Waals surface area contributed by atoms with Crippen LogP contribution >= 0.6 is 0 Å². The Kier molecular flexibility index (Phi) is 3.02. The fourth-order valence-electron chi connectivity index (χ4n) is 1.82. The standard InChI is InChI=1S/C12H14O3/c13-11-7-12(14)15-8-10(11)6-9-4-2-1-3-5-9/h1-5,10-11,13H,6-8H2/t10-,11-/m1/s1. The first-order valence-corrected chi connectivity index (χ1v) is 5.13. The van der Waals surface area contributed by atoms with Crippen LogP contribution in [0.25, 0.3) is 0 Å². The zero-order chi connectivity index (χ0) is 10.7. The fourth-order valence-corrected chi connectivity index (χ4v) is 1.82. The third kappa shape index (κ3) is 2.57. The van der Waals surface area contributed by atoms with Crippen molar-refractivity contribution in [3.8, 4) is 0 Å². The third-order valence-corrected chi connectivity index (χ3v) is 2.72. The second kappa shape index (κ2) is 4.45. The lowest BCUT2D eigenvalue weighted by atomic mass is 9.91. The van der Waals surface area contributed by atoms with Crippen LogP contribution in [0.2, 0.25) is 0 Å². The minimum atomic E-state index is -0.563. The zero-order valence-corrected chi connectivity index (χ0v) is 8.43. The first-order chi connectivity index (χ1) is 7.25. The van der Waals surface area contributed by atoms with E-state index in [1.807, 2.05) is 30.3 Å². The molecule has 1 fully saturated rings. The number of carbonyl (C=O) groups is 1. The van der Waals surface area contributed by atoms with Crippen molar-refractivity contribution in [2.45, 2.75) is 18.9 Å². The van der Waals surface area contributed by atoms with E-state index in [0.717, 1.165) is 6.42 Å². The first-order valence-electron chi connectivity index (χ1n) is 5.13. The summed E-state index contributed by atoms with van der Waals surface area (Å²) in [6.45, 7) is 0.328. The number of cyclic esters (lactones) is 1. The van der Waals surface area contributed by atoms with Crippen molar-refractivity contribution in [2.75, 3.05) is 6.61 Å². The van der Waals surface area contributed by atoms with Gasteiger partial charge in [-0.05, 0) is 12.0 Å². The number of esters is 1. The van der Waals surface area contributed by atoms with Gasteiger partial charge < -0.3 is 9.84 Å². The second-order valence-corrected chi connectivity index (χ2v) is 3.90. The summed E-state index contributed by atoms with van der Waals surface area (Å²) in [5.41, 5.74) is 1.17. The van der Waals surface area contributed by atoms with Crippen LogP contribution in [-0.2, 0) is 16.0 Å². The number of hydrogen-bond donors (Lipinski definition) is 1. The van der Waals surface area contributed by atoms with Crippen LogP contribution in [0.1, 0.15) is 12.0 Å². The third-order valence-electron chi connectivity index (χ3n) is 2.72. The lowest BCUT2D eigenvalue weighted by Crippen LogP contribution is -2.35. The van der Waals surface area contributed by atoms with Gasteiger partial charge >= 0.3 is 5.97 Å². The number of aliphatic hydroxyl groups is 1. The second-order valence-electron chi connectivity index (χ2n) is 3.90. The van der Waals surface area contributed by atoms with Crippen molar-refractivity contribution in [1.29, 1.82) is 0 Å². The maximum Gasteiger partial charge on any atom is 0.308 e. The molecule has 80 valence electrons. The molecule has 1 aromatic carbocycles. The van der Waals surface area contributed by atoms with Crippen molar-refractivity contribution in [2.24, 2.45) is 5.92 Å². The average molecular weight is 206 g/mol. The van der Waals surface area contributed by atoms with Crippen LogP contribution in [0.3, 0.4) is 0 Å². The van der Waals surface area contributed by atoms with E-state index in [2.05, 4.69) is 0 Å². The molecule has 15 heavy (non-hydrogen) atoms. The largest absolute Gasteiger partial charge is 0.465 e. The SMILES string of the molecule is O=C1C[C@@H](O)[C@H](Cc2ccccc2)CO1. The van der Waals surface area contributed by atoms with Gasteiger partial charge in [0, 0.05) is 5.92 Å². The molecule has 1 aliphatic rings. The highest BCUT2D eigenvalue weighted by molar-refractivity contribution is 5.70. The molecule has 2 rings (SSSR count). The molecule has 2 atom stereocenters. The van der Waals surface area contributed by atoms with Crippen molar-refractivity contribution in [3.05, 3.63) is 35.9 Å². The van der Waals surface area contributed by atoms with Gasteiger partial charge in [0.1, 0.15) is 0 Å². The van der Waals surface area contributed by atoms with Gasteiger partial charge in [0.05, 0.1) is 19.1 Å². The van der Waals surface area contributed by atoms with Crippen LogP contribution in [0, 0.1) is 5.92 Å². The van der Waals surface area contributed by atoms with E-state index in [1.165, 1.54) is 5.56 Å². The van der Waals surface area contributed by atoms with Crippen LogP contribution in [0.4, 0.5) is 0 Å². The summed E-state index contributed by atoms with van der Waals surface area (Å²) in [5.74, 6) is -0.267. The summed E-state index contributed by atoms with van der Waals surface area (Å²) in [6, 6.07) is 9.93. The number of hydrogen-bond acceptors (Lipinski definition) is 3. The lowest BCUT2D eigenvalue weighted by Gasteiger charge is -2.26. The van der Waals surface area contributed by atoms with E-state index >= 15 is 0 Å². The molecular weight excluding hydrogens is 192 g/mol. The normalized spacial score (nSPS) is 26.1. The molecule has 0 aromatic heterocycles. The molecular formula is C12H14O3. The van der Waals surface area contributed by atoms with Crippen LogP contribution in [-0.4, -0.2) is 23.8 Å². The van der Waals surface area contributed by atoms with E-state index in [4.69, 9.17) is 4.74 Å². The molecule has 1 aliphatic heterocycles. The zero-order valence-electron chi connectivity index (χ0n) is 8.43. The Balaban J connectivity index is 1.98. The molecule has 1 heterocycles. The molecule has 0 saturated carbocycles. The molecule has 1 N–H and O–H groups in total. The van der Waals surface area contributed by atoms with E-state index in [0.29, 0.717) is 6.61 Å². The molecule has 0 aliphatic carbocycles. The number of ether oxygens (including phenoxy) is 1. The Bertz CT molecular complexity index is 334. The lowest BCUT2D eigenvalue weighted by molar-refractivity contribution is -0.156. The molecule has 1 aromatic rings. The Morgan fingerprint density at radius 3 is 2.73 bits per heavy atom. The number of benzene rings is 1. The summed E-state index contributed by atoms with van der Waals surface area (Å²) in [7, 11) is 0. The maximum atomic E-state index is 10.9. The molecule has 0 bridgehead atoms.